The Morgan fingerprint density at radius 3 is 2.74 bits per heavy atom. The topological polar surface area (TPSA) is 21.3 Å². The van der Waals surface area contributed by atoms with Gasteiger partial charge in [-0.3, -0.25) is 0 Å². The Balaban J connectivity index is 2.58. The number of rotatable bonds is 9. The average molecular weight is 281 g/mol. The molecule has 1 aromatic rings. The van der Waals surface area contributed by atoms with Crippen LogP contribution in [0.3, 0.4) is 0 Å². The van der Waals surface area contributed by atoms with Crippen LogP contribution in [-0.4, -0.2) is 31.7 Å². The fraction of sp³-hybridized carbons (Fsp3) is 0.625. The van der Waals surface area contributed by atoms with E-state index < -0.39 is 0 Å². The van der Waals surface area contributed by atoms with E-state index in [4.69, 9.17) is 4.74 Å². The largest absolute Gasteiger partial charge is 0.497 e. The van der Waals surface area contributed by atoms with Gasteiger partial charge in [-0.2, -0.15) is 11.8 Å². The van der Waals surface area contributed by atoms with Crippen molar-refractivity contribution in [3.8, 4) is 5.75 Å². The molecule has 1 rings (SSSR count). The van der Waals surface area contributed by atoms with Crippen molar-refractivity contribution in [3.63, 3.8) is 0 Å². The molecule has 0 amide bonds. The Kier molecular flexibility index (Phi) is 7.99. The number of hydrogen-bond donors (Lipinski definition) is 1. The van der Waals surface area contributed by atoms with Crippen molar-refractivity contribution in [2.45, 2.75) is 32.7 Å². The van der Waals surface area contributed by atoms with Crippen molar-refractivity contribution < 1.29 is 4.74 Å². The number of benzene rings is 1. The highest BCUT2D eigenvalue weighted by atomic mass is 32.2. The van der Waals surface area contributed by atoms with Crippen molar-refractivity contribution in [2.75, 3.05) is 25.7 Å². The van der Waals surface area contributed by atoms with Crippen LogP contribution in [0, 0.1) is 5.92 Å². The lowest BCUT2D eigenvalue weighted by Crippen LogP contribution is -2.30. The highest BCUT2D eigenvalue weighted by Gasteiger charge is 2.10. The molecule has 108 valence electrons. The third-order valence-electron chi connectivity index (χ3n) is 3.20. The standard InChI is InChI=1S/C16H27NOS/c1-13(2)17-12-15(8-9-19-4)10-14-6-5-7-16(11-14)18-3/h5-7,11,13,15,17H,8-10,12H2,1-4H3. The molecule has 0 aliphatic rings. The summed E-state index contributed by atoms with van der Waals surface area (Å²) in [5, 5.41) is 3.56. The maximum atomic E-state index is 5.30. The summed E-state index contributed by atoms with van der Waals surface area (Å²) in [6.07, 6.45) is 4.56. The van der Waals surface area contributed by atoms with Crippen LogP contribution in [-0.2, 0) is 6.42 Å². The Hall–Kier alpha value is -0.670. The third kappa shape index (κ3) is 6.88. The monoisotopic (exact) mass is 281 g/mol. The molecule has 1 atom stereocenters. The molecule has 2 nitrogen and oxygen atoms in total. The number of ether oxygens (including phenoxy) is 1. The summed E-state index contributed by atoms with van der Waals surface area (Å²) in [7, 11) is 1.73. The number of nitrogens with one attached hydrogen (secondary N) is 1. The fourth-order valence-electron chi connectivity index (χ4n) is 2.10. The van der Waals surface area contributed by atoms with Crippen LogP contribution in [0.5, 0.6) is 5.75 Å². The van der Waals surface area contributed by atoms with Crippen LogP contribution in [0.4, 0.5) is 0 Å². The lowest BCUT2D eigenvalue weighted by atomic mass is 9.96. The molecule has 0 saturated carbocycles. The molecule has 0 saturated heterocycles. The molecule has 0 heterocycles. The van der Waals surface area contributed by atoms with Gasteiger partial charge in [0.1, 0.15) is 5.75 Å². The van der Waals surface area contributed by atoms with E-state index >= 15 is 0 Å². The minimum absolute atomic E-state index is 0.557. The predicted octanol–water partition coefficient (Wildman–Crippen LogP) is 3.61. The molecular formula is C16H27NOS. The second-order valence-corrected chi connectivity index (χ2v) is 6.25. The summed E-state index contributed by atoms with van der Waals surface area (Å²) in [6, 6.07) is 9.00. The van der Waals surface area contributed by atoms with Gasteiger partial charge in [0.15, 0.2) is 0 Å². The van der Waals surface area contributed by atoms with Gasteiger partial charge in [0.25, 0.3) is 0 Å². The zero-order valence-electron chi connectivity index (χ0n) is 12.6. The summed E-state index contributed by atoms with van der Waals surface area (Å²) < 4.78 is 5.30. The van der Waals surface area contributed by atoms with Gasteiger partial charge in [-0.25, -0.2) is 0 Å². The van der Waals surface area contributed by atoms with Gasteiger partial charge in [0.2, 0.25) is 0 Å². The smallest absolute Gasteiger partial charge is 0.119 e. The maximum Gasteiger partial charge on any atom is 0.119 e. The molecule has 0 bridgehead atoms. The maximum absolute atomic E-state index is 5.30. The molecule has 1 N–H and O–H groups in total. The molecular weight excluding hydrogens is 254 g/mol. The molecule has 0 aliphatic heterocycles. The normalized spacial score (nSPS) is 12.7. The molecule has 3 heteroatoms. The van der Waals surface area contributed by atoms with E-state index in [2.05, 4.69) is 43.6 Å². The van der Waals surface area contributed by atoms with Gasteiger partial charge in [-0.05, 0) is 55.0 Å². The minimum atomic E-state index is 0.557. The van der Waals surface area contributed by atoms with Crippen molar-refractivity contribution in [1.82, 2.24) is 5.32 Å². The number of methoxy groups -OCH3 is 1. The fourth-order valence-corrected chi connectivity index (χ4v) is 2.66. The van der Waals surface area contributed by atoms with Crippen LogP contribution in [0.2, 0.25) is 0 Å². The molecule has 0 radical (unpaired) electrons. The second-order valence-electron chi connectivity index (χ2n) is 5.27. The van der Waals surface area contributed by atoms with Crippen LogP contribution >= 0.6 is 11.8 Å². The first-order valence-corrected chi connectivity index (χ1v) is 8.40. The van der Waals surface area contributed by atoms with E-state index in [0.717, 1.165) is 18.7 Å². The van der Waals surface area contributed by atoms with Gasteiger partial charge in [-0.1, -0.05) is 26.0 Å². The first-order chi connectivity index (χ1) is 9.15. The van der Waals surface area contributed by atoms with Crippen molar-refractivity contribution in [3.05, 3.63) is 29.8 Å². The summed E-state index contributed by atoms with van der Waals surface area (Å²) in [5.74, 6) is 2.88. The van der Waals surface area contributed by atoms with Crippen LogP contribution in [0.1, 0.15) is 25.8 Å². The Morgan fingerprint density at radius 1 is 1.32 bits per heavy atom. The quantitative estimate of drug-likeness (QED) is 0.747. The highest BCUT2D eigenvalue weighted by Crippen LogP contribution is 2.18. The molecule has 1 unspecified atom stereocenters. The SMILES string of the molecule is COc1cccc(CC(CCSC)CNC(C)C)c1. The van der Waals surface area contributed by atoms with E-state index in [9.17, 15) is 0 Å². The van der Waals surface area contributed by atoms with E-state index in [1.165, 1.54) is 17.7 Å². The van der Waals surface area contributed by atoms with E-state index in [-0.39, 0.29) is 0 Å². The first kappa shape index (κ1) is 16.4. The number of thioether (sulfide) groups is 1. The zero-order chi connectivity index (χ0) is 14.1. The van der Waals surface area contributed by atoms with Crippen LogP contribution < -0.4 is 10.1 Å². The lowest BCUT2D eigenvalue weighted by molar-refractivity contribution is 0.411. The molecule has 0 aliphatic carbocycles. The van der Waals surface area contributed by atoms with E-state index in [1.807, 2.05) is 17.8 Å². The Labute approximate surface area is 122 Å². The van der Waals surface area contributed by atoms with Gasteiger partial charge in [0, 0.05) is 6.04 Å². The van der Waals surface area contributed by atoms with E-state index in [0.29, 0.717) is 12.0 Å². The van der Waals surface area contributed by atoms with Crippen molar-refractivity contribution in [1.29, 1.82) is 0 Å². The highest BCUT2D eigenvalue weighted by molar-refractivity contribution is 7.98. The predicted molar refractivity (Wildman–Crippen MR) is 86.3 cm³/mol. The minimum Gasteiger partial charge on any atom is -0.497 e. The zero-order valence-corrected chi connectivity index (χ0v) is 13.4. The molecule has 0 aromatic heterocycles. The summed E-state index contributed by atoms with van der Waals surface area (Å²) >= 11 is 1.93. The van der Waals surface area contributed by atoms with Gasteiger partial charge in [-0.15, -0.1) is 0 Å². The Bertz CT molecular complexity index is 354. The van der Waals surface area contributed by atoms with Gasteiger partial charge < -0.3 is 10.1 Å². The van der Waals surface area contributed by atoms with Crippen LogP contribution in [0.15, 0.2) is 24.3 Å². The molecule has 0 fully saturated rings. The summed E-state index contributed by atoms with van der Waals surface area (Å²) in [5.41, 5.74) is 1.37. The van der Waals surface area contributed by atoms with Gasteiger partial charge >= 0.3 is 0 Å². The second kappa shape index (κ2) is 9.27. The third-order valence-corrected chi connectivity index (χ3v) is 3.85. The van der Waals surface area contributed by atoms with Crippen molar-refractivity contribution in [2.24, 2.45) is 5.92 Å². The van der Waals surface area contributed by atoms with Crippen LogP contribution in [0.25, 0.3) is 0 Å². The Morgan fingerprint density at radius 2 is 2.11 bits per heavy atom. The average Bonchev–Trinajstić information content (AvgIpc) is 2.42. The van der Waals surface area contributed by atoms with E-state index in [1.54, 1.807) is 7.11 Å². The van der Waals surface area contributed by atoms with Gasteiger partial charge in [0.05, 0.1) is 7.11 Å². The summed E-state index contributed by atoms with van der Waals surface area (Å²) in [4.78, 5) is 0. The molecule has 19 heavy (non-hydrogen) atoms. The summed E-state index contributed by atoms with van der Waals surface area (Å²) in [6.45, 7) is 5.50. The number of hydrogen-bond acceptors (Lipinski definition) is 3. The lowest BCUT2D eigenvalue weighted by Gasteiger charge is -2.19. The van der Waals surface area contributed by atoms with Crippen molar-refractivity contribution >= 4 is 11.8 Å². The molecule has 0 spiro atoms. The molecule has 1 aromatic carbocycles. The first-order valence-electron chi connectivity index (χ1n) is 7.01.